The van der Waals surface area contributed by atoms with E-state index in [1.807, 2.05) is 43.3 Å². The van der Waals surface area contributed by atoms with Gasteiger partial charge in [-0.2, -0.15) is 0 Å². The lowest BCUT2D eigenvalue weighted by Crippen LogP contribution is -2.08. The normalized spacial score (nSPS) is 15.8. The molecule has 0 amide bonds. The van der Waals surface area contributed by atoms with Gasteiger partial charge in [0.25, 0.3) is 5.69 Å². The van der Waals surface area contributed by atoms with Crippen LogP contribution in [-0.4, -0.2) is 30.4 Å². The zero-order chi connectivity index (χ0) is 16.1. The Labute approximate surface area is 139 Å². The van der Waals surface area contributed by atoms with Gasteiger partial charge in [-0.05, 0) is 35.5 Å². The molecule has 1 aliphatic rings. The van der Waals surface area contributed by atoms with Gasteiger partial charge in [0.05, 0.1) is 18.1 Å². The maximum absolute atomic E-state index is 12.5. The first-order valence-electron chi connectivity index (χ1n) is 7.46. The van der Waals surface area contributed by atoms with Gasteiger partial charge in [0.15, 0.2) is 11.4 Å². The van der Waals surface area contributed by atoms with Crippen molar-refractivity contribution in [3.63, 3.8) is 0 Å². The first-order valence-corrected chi connectivity index (χ1v) is 8.44. The Bertz CT molecular complexity index is 719. The lowest BCUT2D eigenvalue weighted by molar-refractivity contribution is -0.438. The number of thioether (sulfide) groups is 1. The summed E-state index contributed by atoms with van der Waals surface area (Å²) < 4.78 is 11.3. The number of fused-ring (bicyclic) bond motifs is 2. The number of rotatable bonds is 0. The third kappa shape index (κ3) is 4.03. The van der Waals surface area contributed by atoms with Gasteiger partial charge in [0, 0.05) is 16.9 Å². The predicted octanol–water partition coefficient (Wildman–Crippen LogP) is 4.42. The molecule has 0 saturated carbocycles. The van der Waals surface area contributed by atoms with E-state index in [9.17, 15) is 5.21 Å². The average molecular weight is 330 g/mol. The molecule has 0 spiro atoms. The fourth-order valence-corrected chi connectivity index (χ4v) is 3.13. The fraction of sp³-hybridized carbons (Fsp3) is 0.294. The van der Waals surface area contributed by atoms with E-state index in [1.54, 1.807) is 17.8 Å². The monoisotopic (exact) mass is 330 g/mol. The SMILES string of the molecule is Cc1ccc2c(c1)N=[N+]([O-])c1ccccc1SCCOCCO2. The minimum atomic E-state index is 0.433. The summed E-state index contributed by atoms with van der Waals surface area (Å²) in [6.45, 7) is 3.51. The lowest BCUT2D eigenvalue weighted by atomic mass is 10.2. The van der Waals surface area contributed by atoms with E-state index < -0.39 is 0 Å². The molecule has 6 heteroatoms. The maximum Gasteiger partial charge on any atom is 0.258 e. The highest BCUT2D eigenvalue weighted by Gasteiger charge is 2.14. The summed E-state index contributed by atoms with van der Waals surface area (Å²) in [7, 11) is 0. The van der Waals surface area contributed by atoms with Crippen LogP contribution in [0, 0.1) is 12.1 Å². The molecule has 0 bridgehead atoms. The Balaban J connectivity index is 2.04. The highest BCUT2D eigenvalue weighted by molar-refractivity contribution is 7.99. The molecule has 2 aromatic rings. The number of hydrogen-bond acceptors (Lipinski definition) is 5. The van der Waals surface area contributed by atoms with Crippen molar-refractivity contribution in [1.82, 2.24) is 0 Å². The Morgan fingerprint density at radius 2 is 2.00 bits per heavy atom. The number of nitrogens with zero attached hydrogens (tertiary/aromatic N) is 2. The van der Waals surface area contributed by atoms with Crippen LogP contribution in [0.5, 0.6) is 5.75 Å². The number of hydrogen-bond donors (Lipinski definition) is 0. The topological polar surface area (TPSA) is 56.9 Å². The van der Waals surface area contributed by atoms with Crippen LogP contribution in [0.15, 0.2) is 52.5 Å². The Morgan fingerprint density at radius 1 is 1.13 bits per heavy atom. The third-order valence-electron chi connectivity index (χ3n) is 3.35. The highest BCUT2D eigenvalue weighted by Crippen LogP contribution is 2.33. The standard InChI is InChI=1S/C17H18N2O3S/c1-13-6-7-16-14(12-13)18-19(20)15-4-2-3-5-17(15)23-11-10-21-8-9-22-16/h2-7,12H,8-11H2,1H3. The minimum Gasteiger partial charge on any atom is -0.594 e. The van der Waals surface area contributed by atoms with Crippen molar-refractivity contribution in [2.75, 3.05) is 25.6 Å². The summed E-state index contributed by atoms with van der Waals surface area (Å²) in [5, 5.41) is 16.7. The van der Waals surface area contributed by atoms with Crippen LogP contribution in [0.4, 0.5) is 11.4 Å². The van der Waals surface area contributed by atoms with E-state index >= 15 is 0 Å². The summed E-state index contributed by atoms with van der Waals surface area (Å²) >= 11 is 1.59. The largest absolute Gasteiger partial charge is 0.594 e. The number of azo groups is 1. The van der Waals surface area contributed by atoms with Gasteiger partial charge >= 0.3 is 0 Å². The molecule has 0 unspecified atom stereocenters. The van der Waals surface area contributed by atoms with Crippen LogP contribution in [0.2, 0.25) is 0 Å². The lowest BCUT2D eigenvalue weighted by Gasteiger charge is -2.08. The van der Waals surface area contributed by atoms with Crippen LogP contribution < -0.4 is 4.74 Å². The van der Waals surface area contributed by atoms with Crippen molar-refractivity contribution >= 4 is 23.1 Å². The molecule has 0 radical (unpaired) electrons. The van der Waals surface area contributed by atoms with E-state index in [0.29, 0.717) is 41.8 Å². The minimum absolute atomic E-state index is 0.433. The summed E-state index contributed by atoms with van der Waals surface area (Å²) in [6.07, 6.45) is 0. The van der Waals surface area contributed by atoms with E-state index in [4.69, 9.17) is 9.47 Å². The molecule has 120 valence electrons. The van der Waals surface area contributed by atoms with E-state index in [2.05, 4.69) is 5.11 Å². The Hall–Kier alpha value is -2.05. The Kier molecular flexibility index (Phi) is 5.15. The van der Waals surface area contributed by atoms with Crippen molar-refractivity contribution in [3.05, 3.63) is 53.2 Å². The van der Waals surface area contributed by atoms with Gasteiger partial charge in [-0.25, -0.2) is 0 Å². The van der Waals surface area contributed by atoms with Gasteiger partial charge in [-0.3, -0.25) is 0 Å². The molecule has 0 saturated heterocycles. The third-order valence-corrected chi connectivity index (χ3v) is 4.38. The van der Waals surface area contributed by atoms with Crippen molar-refractivity contribution in [2.45, 2.75) is 11.8 Å². The molecule has 0 aromatic heterocycles. The van der Waals surface area contributed by atoms with Gasteiger partial charge in [-0.1, -0.05) is 18.2 Å². The quantitative estimate of drug-likeness (QED) is 0.530. The van der Waals surface area contributed by atoms with Crippen molar-refractivity contribution in [2.24, 2.45) is 5.11 Å². The molecule has 5 nitrogen and oxygen atoms in total. The molecule has 0 N–H and O–H groups in total. The number of benzene rings is 2. The summed E-state index contributed by atoms with van der Waals surface area (Å²) in [6, 6.07) is 13.1. The second-order valence-corrected chi connectivity index (χ2v) is 6.26. The van der Waals surface area contributed by atoms with Crippen molar-refractivity contribution < 1.29 is 14.3 Å². The van der Waals surface area contributed by atoms with Crippen LogP contribution in [0.3, 0.4) is 0 Å². The van der Waals surface area contributed by atoms with E-state index in [-0.39, 0.29) is 0 Å². The molecule has 1 heterocycles. The zero-order valence-corrected chi connectivity index (χ0v) is 13.7. The molecule has 2 aromatic carbocycles. The number of aryl methyl sites for hydroxylation is 1. The molecular formula is C17H18N2O3S. The number of para-hydroxylation sites is 1. The second-order valence-electron chi connectivity index (χ2n) is 5.12. The summed E-state index contributed by atoms with van der Waals surface area (Å²) in [5.41, 5.74) is 2.08. The van der Waals surface area contributed by atoms with Crippen LogP contribution >= 0.6 is 11.8 Å². The zero-order valence-electron chi connectivity index (χ0n) is 12.9. The molecule has 0 atom stereocenters. The van der Waals surface area contributed by atoms with Crippen LogP contribution in [0.25, 0.3) is 0 Å². The van der Waals surface area contributed by atoms with Gasteiger partial charge in [0.2, 0.25) is 0 Å². The Morgan fingerprint density at radius 3 is 2.91 bits per heavy atom. The molecule has 3 rings (SSSR count). The van der Waals surface area contributed by atoms with E-state index in [1.165, 1.54) is 0 Å². The molecular weight excluding hydrogens is 312 g/mol. The number of ether oxygens (including phenoxy) is 2. The smallest absolute Gasteiger partial charge is 0.258 e. The molecule has 0 fully saturated rings. The summed E-state index contributed by atoms with van der Waals surface area (Å²) in [4.78, 5) is 1.56. The maximum atomic E-state index is 12.5. The first kappa shape index (κ1) is 15.8. The second kappa shape index (κ2) is 7.48. The van der Waals surface area contributed by atoms with Gasteiger partial charge in [-0.15, -0.1) is 11.8 Å². The predicted molar refractivity (Wildman–Crippen MR) is 90.0 cm³/mol. The highest BCUT2D eigenvalue weighted by atomic mass is 32.2. The molecule has 23 heavy (non-hydrogen) atoms. The van der Waals surface area contributed by atoms with Crippen LogP contribution in [0.1, 0.15) is 5.56 Å². The van der Waals surface area contributed by atoms with E-state index in [0.717, 1.165) is 16.2 Å². The van der Waals surface area contributed by atoms with Crippen LogP contribution in [-0.2, 0) is 4.74 Å². The molecule has 0 aliphatic carbocycles. The average Bonchev–Trinajstić information content (AvgIpc) is 2.56. The van der Waals surface area contributed by atoms with Gasteiger partial charge in [0.1, 0.15) is 6.61 Å². The van der Waals surface area contributed by atoms with Crippen molar-refractivity contribution in [1.29, 1.82) is 0 Å². The van der Waals surface area contributed by atoms with Crippen molar-refractivity contribution in [3.8, 4) is 5.75 Å². The molecule has 1 aliphatic heterocycles. The summed E-state index contributed by atoms with van der Waals surface area (Å²) in [5.74, 6) is 1.36. The fourth-order valence-electron chi connectivity index (χ4n) is 2.24. The first-order chi connectivity index (χ1) is 11.2. The van der Waals surface area contributed by atoms with Gasteiger partial charge < -0.3 is 14.7 Å².